The molecule has 1 aromatic heterocycles. The monoisotopic (exact) mass is 373 g/mol. The van der Waals surface area contributed by atoms with Gasteiger partial charge < -0.3 is 14.8 Å². The maximum Gasteiger partial charge on any atom is 0.336 e. The van der Waals surface area contributed by atoms with Crippen molar-refractivity contribution >= 4 is 17.6 Å². The third-order valence-corrected chi connectivity index (χ3v) is 4.66. The minimum atomic E-state index is -1.04. The fraction of sp³-hybridized carbons (Fsp3) is 0.421. The van der Waals surface area contributed by atoms with Gasteiger partial charge in [0.2, 0.25) is 0 Å². The van der Waals surface area contributed by atoms with Crippen molar-refractivity contribution < 1.29 is 19.1 Å². The van der Waals surface area contributed by atoms with Gasteiger partial charge in [-0.25, -0.2) is 9.48 Å². The van der Waals surface area contributed by atoms with Gasteiger partial charge in [0.1, 0.15) is 5.69 Å². The predicted molar refractivity (Wildman–Crippen MR) is 98.9 cm³/mol. The van der Waals surface area contributed by atoms with Crippen LogP contribution >= 0.6 is 0 Å². The Hall–Kier alpha value is -2.87. The summed E-state index contributed by atoms with van der Waals surface area (Å²) in [6.45, 7) is 3.72. The summed E-state index contributed by atoms with van der Waals surface area (Å²) in [6, 6.07) is 9.12. The first-order valence-corrected chi connectivity index (χ1v) is 8.87. The lowest BCUT2D eigenvalue weighted by Crippen LogP contribution is -2.35. The third-order valence-electron chi connectivity index (χ3n) is 4.66. The summed E-state index contributed by atoms with van der Waals surface area (Å²) in [4.78, 5) is 37.2. The van der Waals surface area contributed by atoms with E-state index in [4.69, 9.17) is 9.47 Å². The second-order valence-electron chi connectivity index (χ2n) is 6.51. The normalized spacial score (nSPS) is 17.5. The number of benzene rings is 1. The Balaban J connectivity index is 1.76. The van der Waals surface area contributed by atoms with E-state index in [0.29, 0.717) is 24.4 Å². The molecule has 1 fully saturated rings. The van der Waals surface area contributed by atoms with Crippen LogP contribution in [0.4, 0.5) is 5.69 Å². The predicted octanol–water partition coefficient (Wildman–Crippen LogP) is 1.53. The van der Waals surface area contributed by atoms with Crippen LogP contribution in [0, 0.1) is 6.92 Å². The van der Waals surface area contributed by atoms with Crippen LogP contribution < -0.4 is 10.9 Å². The molecule has 1 aliphatic heterocycles. The Labute approximate surface area is 156 Å². The number of hydrogen-bond donors (Lipinski definition) is 1. The highest BCUT2D eigenvalue weighted by Crippen LogP contribution is 2.16. The van der Waals surface area contributed by atoms with E-state index >= 15 is 0 Å². The summed E-state index contributed by atoms with van der Waals surface area (Å²) in [5, 5.41) is 2.59. The molecule has 8 nitrogen and oxygen atoms in total. The Morgan fingerprint density at radius 2 is 2.00 bits per heavy atom. The standard InChI is InChI=1S/C19H23N3O5/c1-12-16(18(24)22(21(12)3)14-8-5-4-6-9-14)20-17(23)13(2)27-19(25)15-10-7-11-26-15/h4-6,8-9,13,15H,7,10-11H2,1-3H3,(H,20,23)/t13-,15+/m0/s1. The molecule has 3 rings (SSSR count). The highest BCUT2D eigenvalue weighted by molar-refractivity contribution is 5.95. The van der Waals surface area contributed by atoms with Crippen LogP contribution in [0.2, 0.25) is 0 Å². The highest BCUT2D eigenvalue weighted by Gasteiger charge is 2.29. The van der Waals surface area contributed by atoms with Gasteiger partial charge in [-0.1, -0.05) is 18.2 Å². The van der Waals surface area contributed by atoms with Gasteiger partial charge in [-0.2, -0.15) is 0 Å². The number of anilines is 1. The van der Waals surface area contributed by atoms with Crippen LogP contribution in [0.1, 0.15) is 25.5 Å². The maximum atomic E-state index is 12.8. The van der Waals surface area contributed by atoms with E-state index in [9.17, 15) is 14.4 Å². The second-order valence-corrected chi connectivity index (χ2v) is 6.51. The molecule has 0 saturated carbocycles. The SMILES string of the molecule is Cc1c(NC(=O)[C@H](C)OC(=O)[C@H]2CCCO2)c(=O)n(-c2ccccc2)n1C. The zero-order valence-corrected chi connectivity index (χ0v) is 15.6. The summed E-state index contributed by atoms with van der Waals surface area (Å²) < 4.78 is 13.6. The number of carbonyl (C=O) groups excluding carboxylic acids is 2. The van der Waals surface area contributed by atoms with E-state index in [-0.39, 0.29) is 11.2 Å². The number of nitrogens with zero attached hydrogens (tertiary/aromatic N) is 2. The molecule has 1 amide bonds. The minimum absolute atomic E-state index is 0.159. The topological polar surface area (TPSA) is 91.6 Å². The van der Waals surface area contributed by atoms with E-state index in [1.54, 1.807) is 30.8 Å². The van der Waals surface area contributed by atoms with Gasteiger partial charge >= 0.3 is 5.97 Å². The Kier molecular flexibility index (Phi) is 5.46. The zero-order chi connectivity index (χ0) is 19.6. The molecule has 27 heavy (non-hydrogen) atoms. The van der Waals surface area contributed by atoms with E-state index in [1.165, 1.54) is 11.6 Å². The Morgan fingerprint density at radius 3 is 2.63 bits per heavy atom. The van der Waals surface area contributed by atoms with E-state index in [1.807, 2.05) is 18.2 Å². The van der Waals surface area contributed by atoms with Crippen molar-refractivity contribution in [3.63, 3.8) is 0 Å². The molecule has 0 radical (unpaired) electrons. The molecule has 1 saturated heterocycles. The number of aromatic nitrogens is 2. The lowest BCUT2D eigenvalue weighted by Gasteiger charge is -2.15. The number of carbonyl (C=O) groups is 2. The van der Waals surface area contributed by atoms with Gasteiger partial charge in [-0.05, 0) is 38.8 Å². The number of ether oxygens (including phenoxy) is 2. The first kappa shape index (κ1) is 18.9. The maximum absolute atomic E-state index is 12.8. The van der Waals surface area contributed by atoms with Crippen molar-refractivity contribution in [2.24, 2.45) is 7.05 Å². The van der Waals surface area contributed by atoms with Crippen LogP contribution in [0.25, 0.3) is 5.69 Å². The van der Waals surface area contributed by atoms with Gasteiger partial charge in [0.05, 0.1) is 11.4 Å². The average Bonchev–Trinajstić information content (AvgIpc) is 3.26. The number of amides is 1. The quantitative estimate of drug-likeness (QED) is 0.803. The molecule has 2 aromatic rings. The number of rotatable bonds is 5. The van der Waals surface area contributed by atoms with Crippen molar-refractivity contribution in [2.75, 3.05) is 11.9 Å². The summed E-state index contributed by atoms with van der Waals surface area (Å²) in [6.07, 6.45) is -0.269. The van der Waals surface area contributed by atoms with Crippen molar-refractivity contribution in [3.05, 3.63) is 46.4 Å². The van der Waals surface area contributed by atoms with Crippen LogP contribution in [0.15, 0.2) is 35.1 Å². The summed E-state index contributed by atoms with van der Waals surface area (Å²) in [7, 11) is 1.74. The lowest BCUT2D eigenvalue weighted by atomic mass is 10.2. The van der Waals surface area contributed by atoms with Gasteiger partial charge in [-0.15, -0.1) is 0 Å². The van der Waals surface area contributed by atoms with Gasteiger partial charge in [0.15, 0.2) is 12.2 Å². The van der Waals surface area contributed by atoms with Gasteiger partial charge in [-0.3, -0.25) is 14.3 Å². The zero-order valence-electron chi connectivity index (χ0n) is 15.6. The fourth-order valence-corrected chi connectivity index (χ4v) is 3.00. The second kappa shape index (κ2) is 7.79. The molecular weight excluding hydrogens is 350 g/mol. The van der Waals surface area contributed by atoms with Crippen molar-refractivity contribution in [2.45, 2.75) is 38.9 Å². The average molecular weight is 373 g/mol. The third kappa shape index (κ3) is 3.80. The van der Waals surface area contributed by atoms with Crippen molar-refractivity contribution in [3.8, 4) is 5.69 Å². The molecule has 2 atom stereocenters. The lowest BCUT2D eigenvalue weighted by molar-refractivity contribution is -0.162. The fourth-order valence-electron chi connectivity index (χ4n) is 3.00. The Bertz CT molecular complexity index is 894. The molecule has 0 unspecified atom stereocenters. The minimum Gasteiger partial charge on any atom is -0.451 e. The molecule has 2 heterocycles. The largest absolute Gasteiger partial charge is 0.451 e. The van der Waals surface area contributed by atoms with Crippen molar-refractivity contribution in [1.29, 1.82) is 0 Å². The molecule has 1 N–H and O–H groups in total. The van der Waals surface area contributed by atoms with Crippen LogP contribution in [-0.2, 0) is 26.1 Å². The Morgan fingerprint density at radius 1 is 1.30 bits per heavy atom. The number of hydrogen-bond acceptors (Lipinski definition) is 5. The van der Waals surface area contributed by atoms with Gasteiger partial charge in [0.25, 0.3) is 11.5 Å². The summed E-state index contributed by atoms with van der Waals surface area (Å²) >= 11 is 0. The van der Waals surface area contributed by atoms with E-state index < -0.39 is 24.1 Å². The number of nitrogens with one attached hydrogen (secondary N) is 1. The van der Waals surface area contributed by atoms with E-state index in [2.05, 4.69) is 5.32 Å². The summed E-state index contributed by atoms with van der Waals surface area (Å²) in [5.74, 6) is -1.12. The molecule has 0 spiro atoms. The molecule has 0 bridgehead atoms. The number of para-hydroxylation sites is 1. The summed E-state index contributed by atoms with van der Waals surface area (Å²) in [5.41, 5.74) is 1.08. The molecule has 1 aromatic carbocycles. The first-order chi connectivity index (χ1) is 12.9. The van der Waals surface area contributed by atoms with Crippen LogP contribution in [0.3, 0.4) is 0 Å². The van der Waals surface area contributed by atoms with E-state index in [0.717, 1.165) is 6.42 Å². The van der Waals surface area contributed by atoms with Gasteiger partial charge in [0, 0.05) is 13.7 Å². The number of esters is 1. The van der Waals surface area contributed by atoms with Crippen LogP contribution in [-0.4, -0.2) is 40.1 Å². The molecule has 1 aliphatic rings. The molecule has 8 heteroatoms. The molecular formula is C19H23N3O5. The highest BCUT2D eigenvalue weighted by atomic mass is 16.6. The smallest absolute Gasteiger partial charge is 0.336 e. The molecule has 144 valence electrons. The molecule has 0 aliphatic carbocycles. The van der Waals surface area contributed by atoms with Crippen LogP contribution in [0.5, 0.6) is 0 Å². The van der Waals surface area contributed by atoms with Crippen molar-refractivity contribution in [1.82, 2.24) is 9.36 Å². The first-order valence-electron chi connectivity index (χ1n) is 8.87.